The predicted octanol–water partition coefficient (Wildman–Crippen LogP) is 0.762. The van der Waals surface area contributed by atoms with Crippen LogP contribution in [0.5, 0.6) is 0 Å². The van der Waals surface area contributed by atoms with Crippen molar-refractivity contribution >= 4 is 12.0 Å². The summed E-state index contributed by atoms with van der Waals surface area (Å²) >= 11 is 0. The lowest BCUT2D eigenvalue weighted by Crippen LogP contribution is -2.27. The van der Waals surface area contributed by atoms with Crippen LogP contribution in [0.4, 0.5) is 4.79 Å². The molecule has 21 heavy (non-hydrogen) atoms. The second-order valence-electron chi connectivity index (χ2n) is 4.38. The Labute approximate surface area is 120 Å². The van der Waals surface area contributed by atoms with Gasteiger partial charge in [-0.25, -0.2) is 4.79 Å². The Balaban J connectivity index is 2.17. The number of carbonyl (C=O) groups excluding carboxylic acids is 1. The van der Waals surface area contributed by atoms with Crippen LogP contribution in [0, 0.1) is 0 Å². The normalized spacial score (nSPS) is 11.8. The lowest BCUT2D eigenvalue weighted by molar-refractivity contribution is 0.0964. The zero-order valence-corrected chi connectivity index (χ0v) is 11.0. The lowest BCUT2D eigenvalue weighted by atomic mass is 9.99. The molecule has 0 unspecified atom stereocenters. The third-order valence-electron chi connectivity index (χ3n) is 2.83. The van der Waals surface area contributed by atoms with Gasteiger partial charge < -0.3 is 20.6 Å². The molecule has 0 aliphatic rings. The number of nitrogens with two attached hydrogens (primary N) is 1. The van der Waals surface area contributed by atoms with Gasteiger partial charge in [0.1, 0.15) is 0 Å². The van der Waals surface area contributed by atoms with Gasteiger partial charge in [0.05, 0.1) is 5.92 Å². The number of hydrogen-bond donors (Lipinski definition) is 3. The SMILES string of the molecule is NC(=O)c1nnc([C@@H](CNC(=O)O)Cc2ccccc2)o1. The topological polar surface area (TPSA) is 131 Å². The van der Waals surface area contributed by atoms with Gasteiger partial charge in [0.25, 0.3) is 0 Å². The summed E-state index contributed by atoms with van der Waals surface area (Å²) in [6, 6.07) is 9.43. The molecular weight excluding hydrogens is 276 g/mol. The third-order valence-corrected chi connectivity index (χ3v) is 2.83. The number of aromatic nitrogens is 2. The van der Waals surface area contributed by atoms with Crippen molar-refractivity contribution < 1.29 is 19.1 Å². The van der Waals surface area contributed by atoms with Crippen molar-refractivity contribution in [2.75, 3.05) is 6.54 Å². The van der Waals surface area contributed by atoms with Crippen molar-refractivity contribution in [2.24, 2.45) is 5.73 Å². The van der Waals surface area contributed by atoms with Crippen LogP contribution in [0.3, 0.4) is 0 Å². The highest BCUT2D eigenvalue weighted by molar-refractivity contribution is 5.87. The first-order valence-electron chi connectivity index (χ1n) is 6.20. The molecule has 1 aromatic heterocycles. The summed E-state index contributed by atoms with van der Waals surface area (Å²) in [4.78, 5) is 21.6. The van der Waals surface area contributed by atoms with Crippen LogP contribution in [-0.4, -0.2) is 33.8 Å². The average Bonchev–Trinajstić information content (AvgIpc) is 2.94. The van der Waals surface area contributed by atoms with E-state index in [-0.39, 0.29) is 24.2 Å². The molecule has 0 bridgehead atoms. The first-order chi connectivity index (χ1) is 10.1. The van der Waals surface area contributed by atoms with Crippen LogP contribution < -0.4 is 11.1 Å². The van der Waals surface area contributed by atoms with Gasteiger partial charge >= 0.3 is 17.9 Å². The standard InChI is InChI=1S/C13H14N4O4/c14-10(18)12-17-16-11(21-12)9(7-15-13(19)20)6-8-4-2-1-3-5-8/h1-5,9,15H,6-7H2,(H2,14,18)(H,19,20)/t9-/m1/s1. The summed E-state index contributed by atoms with van der Waals surface area (Å²) in [5.41, 5.74) is 6.04. The Morgan fingerprint density at radius 2 is 2.00 bits per heavy atom. The van der Waals surface area contributed by atoms with Gasteiger partial charge in [0.15, 0.2) is 0 Å². The molecule has 1 aromatic carbocycles. The maximum Gasteiger partial charge on any atom is 0.404 e. The number of benzene rings is 1. The van der Waals surface area contributed by atoms with Gasteiger partial charge in [-0.2, -0.15) is 0 Å². The molecule has 0 spiro atoms. The molecule has 0 saturated carbocycles. The number of amides is 2. The van der Waals surface area contributed by atoms with Gasteiger partial charge in [-0.15, -0.1) is 10.2 Å². The molecule has 2 amide bonds. The molecule has 1 heterocycles. The highest BCUT2D eigenvalue weighted by Crippen LogP contribution is 2.19. The van der Waals surface area contributed by atoms with E-state index in [1.807, 2.05) is 30.3 Å². The van der Waals surface area contributed by atoms with Crippen molar-refractivity contribution in [3.8, 4) is 0 Å². The molecule has 0 fully saturated rings. The van der Waals surface area contributed by atoms with Crippen LogP contribution in [0.15, 0.2) is 34.7 Å². The molecule has 0 saturated heterocycles. The maximum atomic E-state index is 11.0. The summed E-state index contributed by atoms with van der Waals surface area (Å²) in [7, 11) is 0. The second kappa shape index (κ2) is 6.51. The maximum absolute atomic E-state index is 11.0. The minimum atomic E-state index is -1.15. The number of rotatable bonds is 6. The average molecular weight is 290 g/mol. The Bertz CT molecular complexity index is 626. The van der Waals surface area contributed by atoms with Gasteiger partial charge in [0.2, 0.25) is 5.89 Å². The molecule has 110 valence electrons. The van der Waals surface area contributed by atoms with E-state index in [0.29, 0.717) is 6.42 Å². The summed E-state index contributed by atoms with van der Waals surface area (Å²) in [5.74, 6) is -1.33. The van der Waals surface area contributed by atoms with Crippen molar-refractivity contribution in [3.05, 3.63) is 47.7 Å². The molecule has 1 atom stereocenters. The molecule has 0 aliphatic carbocycles. The van der Waals surface area contributed by atoms with Crippen LogP contribution in [0.2, 0.25) is 0 Å². The van der Waals surface area contributed by atoms with Gasteiger partial charge in [-0.3, -0.25) is 4.79 Å². The number of hydrogen-bond acceptors (Lipinski definition) is 5. The number of carboxylic acid groups (broad SMARTS) is 1. The fourth-order valence-electron chi connectivity index (χ4n) is 1.86. The Morgan fingerprint density at radius 1 is 1.29 bits per heavy atom. The van der Waals surface area contributed by atoms with E-state index >= 15 is 0 Å². The molecule has 0 aliphatic heterocycles. The van der Waals surface area contributed by atoms with Crippen molar-refractivity contribution in [1.82, 2.24) is 15.5 Å². The quantitative estimate of drug-likeness (QED) is 0.719. The van der Waals surface area contributed by atoms with Gasteiger partial charge in [-0.1, -0.05) is 30.3 Å². The molecule has 0 radical (unpaired) electrons. The van der Waals surface area contributed by atoms with E-state index in [0.717, 1.165) is 5.56 Å². The van der Waals surface area contributed by atoms with Crippen LogP contribution in [-0.2, 0) is 6.42 Å². The summed E-state index contributed by atoms with van der Waals surface area (Å²) < 4.78 is 5.18. The summed E-state index contributed by atoms with van der Waals surface area (Å²) in [6.45, 7) is 0.0879. The monoisotopic (exact) mass is 290 g/mol. The van der Waals surface area contributed by atoms with Crippen LogP contribution >= 0.6 is 0 Å². The Kier molecular flexibility index (Phi) is 4.50. The molecular formula is C13H14N4O4. The third kappa shape index (κ3) is 4.03. The van der Waals surface area contributed by atoms with E-state index in [9.17, 15) is 9.59 Å². The van der Waals surface area contributed by atoms with Crippen molar-refractivity contribution in [3.63, 3.8) is 0 Å². The van der Waals surface area contributed by atoms with E-state index in [4.69, 9.17) is 15.3 Å². The molecule has 8 nitrogen and oxygen atoms in total. The van der Waals surface area contributed by atoms with E-state index in [1.54, 1.807) is 0 Å². The Morgan fingerprint density at radius 3 is 2.57 bits per heavy atom. The predicted molar refractivity (Wildman–Crippen MR) is 71.7 cm³/mol. The highest BCUT2D eigenvalue weighted by Gasteiger charge is 2.21. The van der Waals surface area contributed by atoms with Crippen LogP contribution in [0.1, 0.15) is 28.1 Å². The van der Waals surface area contributed by atoms with E-state index in [1.165, 1.54) is 0 Å². The Hall–Kier alpha value is -2.90. The zero-order chi connectivity index (χ0) is 15.2. The number of nitrogens with one attached hydrogen (secondary N) is 1. The van der Waals surface area contributed by atoms with Gasteiger partial charge in [-0.05, 0) is 12.0 Å². The van der Waals surface area contributed by atoms with Crippen molar-refractivity contribution in [2.45, 2.75) is 12.3 Å². The smallest absolute Gasteiger partial charge is 0.404 e. The first kappa shape index (κ1) is 14.5. The summed E-state index contributed by atoms with van der Waals surface area (Å²) in [6.07, 6.45) is -0.663. The fraction of sp³-hybridized carbons (Fsp3) is 0.231. The molecule has 2 rings (SSSR count). The van der Waals surface area contributed by atoms with Crippen molar-refractivity contribution in [1.29, 1.82) is 0 Å². The van der Waals surface area contributed by atoms with E-state index in [2.05, 4.69) is 15.5 Å². The summed E-state index contributed by atoms with van der Waals surface area (Å²) in [5, 5.41) is 18.3. The second-order valence-corrected chi connectivity index (χ2v) is 4.38. The van der Waals surface area contributed by atoms with E-state index < -0.39 is 12.0 Å². The molecule has 8 heteroatoms. The molecule has 2 aromatic rings. The number of nitrogens with zero attached hydrogens (tertiary/aromatic N) is 2. The fourth-order valence-corrected chi connectivity index (χ4v) is 1.86. The number of carbonyl (C=O) groups is 2. The first-order valence-corrected chi connectivity index (χ1v) is 6.20. The lowest BCUT2D eigenvalue weighted by Gasteiger charge is -2.12. The highest BCUT2D eigenvalue weighted by atomic mass is 16.4. The largest absolute Gasteiger partial charge is 0.465 e. The molecule has 4 N–H and O–H groups in total. The van der Waals surface area contributed by atoms with Crippen LogP contribution in [0.25, 0.3) is 0 Å². The number of primary amides is 1. The minimum Gasteiger partial charge on any atom is -0.465 e. The minimum absolute atomic E-state index is 0.0879. The zero-order valence-electron chi connectivity index (χ0n) is 11.0. The van der Waals surface area contributed by atoms with Gasteiger partial charge in [0, 0.05) is 6.54 Å².